The lowest BCUT2D eigenvalue weighted by Gasteiger charge is -2.24. The summed E-state index contributed by atoms with van der Waals surface area (Å²) < 4.78 is 0. The third-order valence-corrected chi connectivity index (χ3v) is 3.47. The number of carboxylic acid groups (broad SMARTS) is 2. The SMILES string of the molecule is Cc1ccccc1CN(CCCC(=O)O)CC(C)C(=O)O. The molecule has 5 nitrogen and oxygen atoms in total. The number of carbonyl (C=O) groups is 2. The summed E-state index contributed by atoms with van der Waals surface area (Å²) in [6.07, 6.45) is 0.624. The van der Waals surface area contributed by atoms with Gasteiger partial charge in [0, 0.05) is 19.5 Å². The molecule has 0 bridgehead atoms. The van der Waals surface area contributed by atoms with Gasteiger partial charge in [-0.3, -0.25) is 14.5 Å². The Bertz CT molecular complexity index is 487. The number of aryl methyl sites for hydroxylation is 1. The van der Waals surface area contributed by atoms with Gasteiger partial charge in [-0.2, -0.15) is 0 Å². The van der Waals surface area contributed by atoms with Crippen LogP contribution in [-0.2, 0) is 16.1 Å². The van der Waals surface area contributed by atoms with Crippen molar-refractivity contribution in [3.8, 4) is 0 Å². The third-order valence-electron chi connectivity index (χ3n) is 3.47. The van der Waals surface area contributed by atoms with Crippen LogP contribution in [0.2, 0.25) is 0 Å². The molecule has 5 heteroatoms. The minimum atomic E-state index is -0.831. The van der Waals surface area contributed by atoms with E-state index in [-0.39, 0.29) is 6.42 Å². The van der Waals surface area contributed by atoms with E-state index in [0.29, 0.717) is 26.1 Å². The topological polar surface area (TPSA) is 77.8 Å². The predicted octanol–water partition coefficient (Wildman–Crippen LogP) is 2.38. The number of nitrogens with zero attached hydrogens (tertiary/aromatic N) is 1. The predicted molar refractivity (Wildman–Crippen MR) is 80.1 cm³/mol. The summed E-state index contributed by atoms with van der Waals surface area (Å²) >= 11 is 0. The van der Waals surface area contributed by atoms with Crippen LogP contribution in [0.15, 0.2) is 24.3 Å². The Hall–Kier alpha value is -1.88. The first-order valence-corrected chi connectivity index (χ1v) is 7.11. The minimum absolute atomic E-state index is 0.103. The lowest BCUT2D eigenvalue weighted by molar-refractivity contribution is -0.142. The van der Waals surface area contributed by atoms with Crippen molar-refractivity contribution in [1.82, 2.24) is 4.90 Å². The van der Waals surface area contributed by atoms with Gasteiger partial charge in [0.15, 0.2) is 0 Å². The fraction of sp³-hybridized carbons (Fsp3) is 0.500. The van der Waals surface area contributed by atoms with E-state index in [2.05, 4.69) is 0 Å². The first kappa shape index (κ1) is 17.2. The Morgan fingerprint density at radius 3 is 2.48 bits per heavy atom. The third kappa shape index (κ3) is 6.40. The van der Waals surface area contributed by atoms with Crippen molar-refractivity contribution in [2.24, 2.45) is 5.92 Å². The van der Waals surface area contributed by atoms with E-state index in [1.165, 1.54) is 0 Å². The molecule has 0 aliphatic carbocycles. The molecule has 0 aromatic heterocycles. The van der Waals surface area contributed by atoms with E-state index in [9.17, 15) is 9.59 Å². The summed E-state index contributed by atoms with van der Waals surface area (Å²) in [5.74, 6) is -2.13. The highest BCUT2D eigenvalue weighted by molar-refractivity contribution is 5.69. The number of hydrogen-bond donors (Lipinski definition) is 2. The van der Waals surface area contributed by atoms with E-state index in [1.54, 1.807) is 6.92 Å². The van der Waals surface area contributed by atoms with Gasteiger partial charge in [-0.1, -0.05) is 31.2 Å². The zero-order valence-corrected chi connectivity index (χ0v) is 12.6. The molecule has 0 radical (unpaired) electrons. The average molecular weight is 293 g/mol. The molecule has 0 saturated heterocycles. The van der Waals surface area contributed by atoms with Crippen LogP contribution in [0.5, 0.6) is 0 Å². The van der Waals surface area contributed by atoms with E-state index in [4.69, 9.17) is 10.2 Å². The zero-order chi connectivity index (χ0) is 15.8. The summed E-state index contributed by atoms with van der Waals surface area (Å²) in [5.41, 5.74) is 2.30. The Labute approximate surface area is 125 Å². The monoisotopic (exact) mass is 293 g/mol. The van der Waals surface area contributed by atoms with Gasteiger partial charge >= 0.3 is 11.9 Å². The van der Waals surface area contributed by atoms with Gasteiger partial charge in [0.05, 0.1) is 5.92 Å². The Morgan fingerprint density at radius 1 is 1.24 bits per heavy atom. The molecule has 0 heterocycles. The molecular weight excluding hydrogens is 270 g/mol. The van der Waals surface area contributed by atoms with Crippen LogP contribution in [0, 0.1) is 12.8 Å². The molecule has 1 unspecified atom stereocenters. The van der Waals surface area contributed by atoms with Crippen LogP contribution in [0.25, 0.3) is 0 Å². The highest BCUT2D eigenvalue weighted by atomic mass is 16.4. The number of rotatable bonds is 9. The van der Waals surface area contributed by atoms with E-state index < -0.39 is 17.9 Å². The second kappa shape index (κ2) is 8.42. The lowest BCUT2D eigenvalue weighted by atomic mass is 10.1. The van der Waals surface area contributed by atoms with Crippen molar-refractivity contribution >= 4 is 11.9 Å². The first-order valence-electron chi connectivity index (χ1n) is 7.11. The highest BCUT2D eigenvalue weighted by Gasteiger charge is 2.17. The molecule has 2 N–H and O–H groups in total. The molecule has 116 valence electrons. The molecule has 0 aliphatic rings. The van der Waals surface area contributed by atoms with E-state index in [0.717, 1.165) is 11.1 Å². The van der Waals surface area contributed by atoms with Crippen molar-refractivity contribution in [1.29, 1.82) is 0 Å². The number of aliphatic carboxylic acids is 2. The summed E-state index contributed by atoms with van der Waals surface area (Å²) in [4.78, 5) is 23.6. The van der Waals surface area contributed by atoms with Crippen molar-refractivity contribution in [3.05, 3.63) is 35.4 Å². The molecule has 21 heavy (non-hydrogen) atoms. The zero-order valence-electron chi connectivity index (χ0n) is 12.6. The molecule has 0 amide bonds. The van der Waals surface area contributed by atoms with Crippen molar-refractivity contribution < 1.29 is 19.8 Å². The fourth-order valence-corrected chi connectivity index (χ4v) is 2.18. The minimum Gasteiger partial charge on any atom is -0.481 e. The van der Waals surface area contributed by atoms with E-state index in [1.807, 2.05) is 36.1 Å². The summed E-state index contributed by atoms with van der Waals surface area (Å²) in [6.45, 7) is 5.33. The summed E-state index contributed by atoms with van der Waals surface area (Å²) in [6, 6.07) is 7.96. The average Bonchev–Trinajstić information content (AvgIpc) is 2.40. The second-order valence-electron chi connectivity index (χ2n) is 5.40. The van der Waals surface area contributed by atoms with Crippen LogP contribution in [0.3, 0.4) is 0 Å². The van der Waals surface area contributed by atoms with Crippen LogP contribution in [0.1, 0.15) is 30.9 Å². The normalized spacial score (nSPS) is 12.3. The summed E-state index contributed by atoms with van der Waals surface area (Å²) in [5, 5.41) is 17.8. The van der Waals surface area contributed by atoms with Gasteiger partial charge in [-0.15, -0.1) is 0 Å². The van der Waals surface area contributed by atoms with Gasteiger partial charge in [0.2, 0.25) is 0 Å². The maximum absolute atomic E-state index is 11.0. The van der Waals surface area contributed by atoms with Gasteiger partial charge in [0.25, 0.3) is 0 Å². The molecule has 0 saturated carbocycles. The van der Waals surface area contributed by atoms with Crippen LogP contribution < -0.4 is 0 Å². The maximum Gasteiger partial charge on any atom is 0.307 e. The first-order chi connectivity index (χ1) is 9.90. The van der Waals surface area contributed by atoms with Crippen LogP contribution in [0.4, 0.5) is 0 Å². The molecule has 0 aliphatic heterocycles. The number of carboxylic acids is 2. The molecule has 0 fully saturated rings. The van der Waals surface area contributed by atoms with Gasteiger partial charge in [-0.25, -0.2) is 0 Å². The number of hydrogen-bond acceptors (Lipinski definition) is 3. The summed E-state index contributed by atoms with van der Waals surface area (Å²) in [7, 11) is 0. The van der Waals surface area contributed by atoms with Gasteiger partial charge in [-0.05, 0) is 31.0 Å². The van der Waals surface area contributed by atoms with Gasteiger partial charge in [0.1, 0.15) is 0 Å². The Kier molecular flexibility index (Phi) is 6.88. The largest absolute Gasteiger partial charge is 0.481 e. The second-order valence-corrected chi connectivity index (χ2v) is 5.40. The van der Waals surface area contributed by atoms with Crippen LogP contribution >= 0.6 is 0 Å². The van der Waals surface area contributed by atoms with E-state index >= 15 is 0 Å². The molecular formula is C16H23NO4. The fourth-order valence-electron chi connectivity index (χ4n) is 2.18. The van der Waals surface area contributed by atoms with Crippen molar-refractivity contribution in [2.45, 2.75) is 33.2 Å². The molecule has 1 atom stereocenters. The molecule has 1 aromatic rings. The Morgan fingerprint density at radius 2 is 1.90 bits per heavy atom. The van der Waals surface area contributed by atoms with Crippen molar-refractivity contribution in [3.63, 3.8) is 0 Å². The quantitative estimate of drug-likeness (QED) is 0.731. The maximum atomic E-state index is 11.0. The highest BCUT2D eigenvalue weighted by Crippen LogP contribution is 2.13. The van der Waals surface area contributed by atoms with Gasteiger partial charge < -0.3 is 10.2 Å². The molecule has 1 rings (SSSR count). The molecule has 1 aromatic carbocycles. The van der Waals surface area contributed by atoms with Crippen LogP contribution in [-0.4, -0.2) is 40.1 Å². The lowest BCUT2D eigenvalue weighted by Crippen LogP contribution is -2.32. The molecule has 0 spiro atoms. The van der Waals surface area contributed by atoms with Crippen molar-refractivity contribution in [2.75, 3.05) is 13.1 Å². The smallest absolute Gasteiger partial charge is 0.307 e. The standard InChI is InChI=1S/C16H23NO4/c1-12-6-3-4-7-14(12)11-17(9-5-8-15(18)19)10-13(2)16(20)21/h3-4,6-7,13H,5,8-11H2,1-2H3,(H,18,19)(H,20,21). The Balaban J connectivity index is 2.68. The number of benzene rings is 1.